The molecule has 3 aromatic rings. The van der Waals surface area contributed by atoms with Gasteiger partial charge in [-0.15, -0.1) is 0 Å². The van der Waals surface area contributed by atoms with Crippen molar-refractivity contribution in [2.24, 2.45) is 0 Å². The van der Waals surface area contributed by atoms with Crippen molar-refractivity contribution >= 4 is 5.57 Å². The number of aryl methyl sites for hydroxylation is 2. The van der Waals surface area contributed by atoms with E-state index in [1.807, 2.05) is 18.3 Å². The first-order valence-electron chi connectivity index (χ1n) is 7.97. The molecular weight excluding hydrogens is 278 g/mol. The van der Waals surface area contributed by atoms with Gasteiger partial charge in [-0.25, -0.2) is 0 Å². The van der Waals surface area contributed by atoms with Gasteiger partial charge in [-0.3, -0.25) is 4.98 Å². The topological polar surface area (TPSA) is 12.9 Å². The van der Waals surface area contributed by atoms with Gasteiger partial charge in [0, 0.05) is 11.8 Å². The first kappa shape index (κ1) is 14.0. The summed E-state index contributed by atoms with van der Waals surface area (Å²) in [5, 5.41) is 0. The highest BCUT2D eigenvalue weighted by atomic mass is 14.7. The van der Waals surface area contributed by atoms with Crippen LogP contribution in [0.2, 0.25) is 0 Å². The van der Waals surface area contributed by atoms with E-state index < -0.39 is 0 Å². The molecule has 1 nitrogen and oxygen atoms in total. The zero-order valence-electron chi connectivity index (χ0n) is 13.6. The Balaban J connectivity index is 1.94. The molecule has 1 aliphatic rings. The molecule has 1 heteroatoms. The summed E-state index contributed by atoms with van der Waals surface area (Å²) in [6.07, 6.45) is 2.83. The highest BCUT2D eigenvalue weighted by Crippen LogP contribution is 2.43. The number of hydrogen-bond acceptors (Lipinski definition) is 1. The second-order valence-corrected chi connectivity index (χ2v) is 6.43. The SMILES string of the molecule is C=C1Cc2cc(-c3cc(C)cc(C)c3)cc(-c3ccccn3)c21. The molecule has 1 heterocycles. The molecule has 0 unspecified atom stereocenters. The summed E-state index contributed by atoms with van der Waals surface area (Å²) < 4.78 is 0. The largest absolute Gasteiger partial charge is 0.256 e. The first-order chi connectivity index (χ1) is 11.1. The van der Waals surface area contributed by atoms with Crippen molar-refractivity contribution in [3.8, 4) is 22.4 Å². The van der Waals surface area contributed by atoms with E-state index in [4.69, 9.17) is 0 Å². The van der Waals surface area contributed by atoms with Crippen LogP contribution in [0.1, 0.15) is 22.3 Å². The van der Waals surface area contributed by atoms with Crippen molar-refractivity contribution in [3.63, 3.8) is 0 Å². The van der Waals surface area contributed by atoms with Gasteiger partial charge in [0.25, 0.3) is 0 Å². The third-order valence-corrected chi connectivity index (χ3v) is 4.47. The third kappa shape index (κ3) is 2.39. The minimum absolute atomic E-state index is 0.980. The highest BCUT2D eigenvalue weighted by Gasteiger charge is 2.24. The summed E-state index contributed by atoms with van der Waals surface area (Å²) >= 11 is 0. The Morgan fingerprint density at radius 3 is 2.30 bits per heavy atom. The number of hydrogen-bond donors (Lipinski definition) is 0. The van der Waals surface area contributed by atoms with Crippen LogP contribution in [-0.2, 0) is 6.42 Å². The number of allylic oxidation sites excluding steroid dienone is 1. The van der Waals surface area contributed by atoms with Crippen LogP contribution >= 0.6 is 0 Å². The molecule has 0 fully saturated rings. The van der Waals surface area contributed by atoms with Gasteiger partial charge in [-0.05, 0) is 66.3 Å². The second kappa shape index (κ2) is 5.20. The Labute approximate surface area is 137 Å². The smallest absolute Gasteiger partial charge is 0.0708 e. The molecule has 0 bridgehead atoms. The van der Waals surface area contributed by atoms with Crippen LogP contribution < -0.4 is 0 Å². The minimum atomic E-state index is 0.980. The van der Waals surface area contributed by atoms with Crippen molar-refractivity contribution in [3.05, 3.63) is 83.6 Å². The molecule has 23 heavy (non-hydrogen) atoms. The van der Waals surface area contributed by atoms with Crippen molar-refractivity contribution in [2.45, 2.75) is 20.3 Å². The Morgan fingerprint density at radius 1 is 0.913 bits per heavy atom. The van der Waals surface area contributed by atoms with E-state index >= 15 is 0 Å². The van der Waals surface area contributed by atoms with Crippen LogP contribution in [0.15, 0.2) is 61.3 Å². The van der Waals surface area contributed by atoms with E-state index in [0.717, 1.165) is 12.1 Å². The van der Waals surface area contributed by atoms with Crippen molar-refractivity contribution in [1.82, 2.24) is 4.98 Å². The summed E-state index contributed by atoms with van der Waals surface area (Å²) in [7, 11) is 0. The molecule has 0 saturated heterocycles. The predicted octanol–water partition coefficient (Wildman–Crippen LogP) is 5.60. The quantitative estimate of drug-likeness (QED) is 0.600. The molecular formula is C22H19N. The summed E-state index contributed by atoms with van der Waals surface area (Å²) in [5.41, 5.74) is 11.3. The van der Waals surface area contributed by atoms with Crippen LogP contribution in [0.5, 0.6) is 0 Å². The zero-order chi connectivity index (χ0) is 16.0. The number of fused-ring (bicyclic) bond motifs is 1. The fraction of sp³-hybridized carbons (Fsp3) is 0.136. The van der Waals surface area contributed by atoms with Crippen LogP contribution in [0.4, 0.5) is 0 Å². The van der Waals surface area contributed by atoms with E-state index in [-0.39, 0.29) is 0 Å². The molecule has 0 amide bonds. The Kier molecular flexibility index (Phi) is 3.16. The van der Waals surface area contributed by atoms with Crippen molar-refractivity contribution in [2.75, 3.05) is 0 Å². The molecule has 0 N–H and O–H groups in total. The lowest BCUT2D eigenvalue weighted by Crippen LogP contribution is -2.09. The zero-order valence-corrected chi connectivity index (χ0v) is 13.6. The van der Waals surface area contributed by atoms with E-state index in [1.54, 1.807) is 0 Å². The molecule has 4 rings (SSSR count). The molecule has 2 aromatic carbocycles. The van der Waals surface area contributed by atoms with Gasteiger partial charge in [0.2, 0.25) is 0 Å². The van der Waals surface area contributed by atoms with Crippen molar-refractivity contribution < 1.29 is 0 Å². The lowest BCUT2D eigenvalue weighted by molar-refractivity contribution is 1.16. The maximum absolute atomic E-state index is 4.55. The summed E-state index contributed by atoms with van der Waals surface area (Å²) in [6.45, 7) is 8.49. The van der Waals surface area contributed by atoms with Crippen LogP contribution in [0, 0.1) is 13.8 Å². The van der Waals surface area contributed by atoms with Gasteiger partial charge in [0.15, 0.2) is 0 Å². The summed E-state index contributed by atoms with van der Waals surface area (Å²) in [6, 6.07) is 17.4. The standard InChI is InChI=1S/C22H19N/c1-14-8-15(2)10-17(9-14)18-12-19-11-16(3)22(19)20(13-18)21-6-4-5-7-23-21/h4-10,12-13H,3,11H2,1-2H3. The Morgan fingerprint density at radius 2 is 1.65 bits per heavy atom. The molecule has 1 aromatic heterocycles. The number of rotatable bonds is 2. The molecule has 112 valence electrons. The third-order valence-electron chi connectivity index (χ3n) is 4.47. The van der Waals surface area contributed by atoms with E-state index in [2.05, 4.69) is 61.8 Å². The highest BCUT2D eigenvalue weighted by molar-refractivity contribution is 5.91. The van der Waals surface area contributed by atoms with Crippen molar-refractivity contribution in [1.29, 1.82) is 0 Å². The monoisotopic (exact) mass is 297 g/mol. The Hall–Kier alpha value is -2.67. The first-order valence-corrected chi connectivity index (χ1v) is 7.97. The predicted molar refractivity (Wildman–Crippen MR) is 97.3 cm³/mol. The molecule has 0 radical (unpaired) electrons. The van der Waals surface area contributed by atoms with Gasteiger partial charge < -0.3 is 0 Å². The number of aromatic nitrogens is 1. The maximum atomic E-state index is 4.55. The fourth-order valence-electron chi connectivity index (χ4n) is 3.50. The van der Waals surface area contributed by atoms with Gasteiger partial charge in [-0.1, -0.05) is 48.0 Å². The van der Waals surface area contributed by atoms with Gasteiger partial charge in [-0.2, -0.15) is 0 Å². The molecule has 0 saturated carbocycles. The summed E-state index contributed by atoms with van der Waals surface area (Å²) in [4.78, 5) is 4.55. The average molecular weight is 297 g/mol. The normalized spacial score (nSPS) is 12.7. The van der Waals surface area contributed by atoms with E-state index in [0.29, 0.717) is 0 Å². The Bertz CT molecular complexity index is 900. The molecule has 1 aliphatic carbocycles. The maximum Gasteiger partial charge on any atom is 0.0708 e. The van der Waals surface area contributed by atoms with Gasteiger partial charge >= 0.3 is 0 Å². The molecule has 0 atom stereocenters. The lowest BCUT2D eigenvalue weighted by atomic mass is 9.78. The van der Waals surface area contributed by atoms with Crippen LogP contribution in [-0.4, -0.2) is 4.98 Å². The summed E-state index contributed by atoms with van der Waals surface area (Å²) in [5.74, 6) is 0. The average Bonchev–Trinajstić information content (AvgIpc) is 2.52. The fourth-order valence-corrected chi connectivity index (χ4v) is 3.50. The van der Waals surface area contributed by atoms with Crippen LogP contribution in [0.25, 0.3) is 28.0 Å². The van der Waals surface area contributed by atoms with E-state index in [1.165, 1.54) is 44.5 Å². The molecule has 0 aliphatic heterocycles. The van der Waals surface area contributed by atoms with E-state index in [9.17, 15) is 0 Å². The van der Waals surface area contributed by atoms with Crippen LogP contribution in [0.3, 0.4) is 0 Å². The van der Waals surface area contributed by atoms with Gasteiger partial charge in [0.1, 0.15) is 0 Å². The number of nitrogens with zero attached hydrogens (tertiary/aromatic N) is 1. The number of pyridine rings is 1. The minimum Gasteiger partial charge on any atom is -0.256 e. The number of benzene rings is 2. The lowest BCUT2D eigenvalue weighted by Gasteiger charge is -2.26. The molecule has 0 spiro atoms. The second-order valence-electron chi connectivity index (χ2n) is 6.43. The van der Waals surface area contributed by atoms with Gasteiger partial charge in [0.05, 0.1) is 5.69 Å².